The van der Waals surface area contributed by atoms with Gasteiger partial charge in [0.25, 0.3) is 0 Å². The van der Waals surface area contributed by atoms with Crippen LogP contribution in [0.4, 0.5) is 0 Å². The monoisotopic (exact) mass is 366 g/mol. The zero-order chi connectivity index (χ0) is 17.0. The molecule has 0 aliphatic heterocycles. The van der Waals surface area contributed by atoms with Crippen molar-refractivity contribution in [2.24, 2.45) is 0 Å². The Balaban J connectivity index is 3.74. The molecule has 1 fully saturated rings. The maximum Gasteiger partial charge on any atom is 0.370 e. The molecule has 0 saturated heterocycles. The van der Waals surface area contributed by atoms with Gasteiger partial charge in [0.15, 0.2) is 12.2 Å². The van der Waals surface area contributed by atoms with Gasteiger partial charge in [-0.15, -0.1) is 0 Å². The normalized spacial score (nSPS) is 49.6. The predicted octanol–water partition coefficient (Wildman–Crippen LogP) is -5.54. The molecular weight excluding hydrogens is 357 g/mol. The lowest BCUT2D eigenvalue weighted by Gasteiger charge is -2.46. The Labute approximate surface area is 118 Å². The predicted molar refractivity (Wildman–Crippen MR) is 55.7 cm³/mol. The molecule has 21 heavy (non-hydrogen) atoms. The SMILES string of the molecule is O=[P+]([O-])[C@@]1(O)[C@@H](O)[C@](O)([P+](=O)[O-])[C@@](O)([P+](=O)[O-])[C@@H](O)[C@@H]1O. The standard InChI is InChI=1S/C6H9O12P3/c7-1-2(8)5(11,20(15)16)6(12,21(17)18)3(9)4(1,10)19(13)14/h1-3,7-12H/t1-,2-,3+,4+,5-,6-/m0/s1. The minimum Gasteiger partial charge on any atom is -0.593 e. The number of hydrogen-bond acceptors (Lipinski definition) is 12. The third-order valence-corrected chi connectivity index (χ3v) is 6.90. The van der Waals surface area contributed by atoms with Crippen LogP contribution >= 0.6 is 24.1 Å². The van der Waals surface area contributed by atoms with E-state index in [1.54, 1.807) is 0 Å². The highest BCUT2D eigenvalue weighted by Gasteiger charge is 2.88. The van der Waals surface area contributed by atoms with E-state index in [0.29, 0.717) is 0 Å². The topological polar surface area (TPSA) is 242 Å². The molecule has 0 heterocycles. The lowest BCUT2D eigenvalue weighted by atomic mass is 9.83. The molecule has 6 N–H and O–H groups in total. The van der Waals surface area contributed by atoms with Crippen LogP contribution in [0.3, 0.4) is 0 Å². The molecule has 0 aromatic rings. The van der Waals surface area contributed by atoms with Crippen LogP contribution in [-0.4, -0.2) is 65.0 Å². The molecule has 9 atom stereocenters. The first kappa shape index (κ1) is 19.0. The first-order valence-corrected chi connectivity index (χ1v) is 8.48. The summed E-state index contributed by atoms with van der Waals surface area (Å²) in [5.74, 6) is 0. The minimum atomic E-state index is -4.52. The molecule has 120 valence electrons. The number of rotatable bonds is 3. The largest absolute Gasteiger partial charge is 0.593 e. The zero-order valence-corrected chi connectivity index (χ0v) is 12.4. The molecule has 1 aliphatic rings. The van der Waals surface area contributed by atoms with Crippen molar-refractivity contribution < 1.29 is 59.0 Å². The Hall–Kier alpha value is -0.0600. The molecule has 1 aliphatic carbocycles. The molecule has 0 bridgehead atoms. The van der Waals surface area contributed by atoms with E-state index in [1.165, 1.54) is 0 Å². The van der Waals surface area contributed by atoms with Gasteiger partial charge in [0, 0.05) is 0 Å². The van der Waals surface area contributed by atoms with E-state index in [1.807, 2.05) is 0 Å². The smallest absolute Gasteiger partial charge is 0.370 e. The van der Waals surface area contributed by atoms with E-state index in [2.05, 4.69) is 0 Å². The third kappa shape index (κ3) is 2.13. The van der Waals surface area contributed by atoms with Crippen molar-refractivity contribution in [3.05, 3.63) is 0 Å². The first-order valence-electron chi connectivity index (χ1n) is 4.95. The second kappa shape index (κ2) is 5.54. The molecule has 0 aromatic heterocycles. The fourth-order valence-corrected chi connectivity index (χ4v) is 4.89. The molecule has 1 saturated carbocycles. The number of aliphatic hydroxyl groups excluding tert-OH is 3. The van der Waals surface area contributed by atoms with Gasteiger partial charge < -0.3 is 45.3 Å². The summed E-state index contributed by atoms with van der Waals surface area (Å²) in [6.45, 7) is 0. The van der Waals surface area contributed by atoms with Crippen LogP contribution < -0.4 is 14.7 Å². The van der Waals surface area contributed by atoms with Gasteiger partial charge in [-0.1, -0.05) is 13.7 Å². The van der Waals surface area contributed by atoms with E-state index in [9.17, 15) is 59.0 Å². The molecule has 0 spiro atoms. The van der Waals surface area contributed by atoms with Crippen molar-refractivity contribution in [2.45, 2.75) is 34.3 Å². The van der Waals surface area contributed by atoms with Crippen LogP contribution in [0.1, 0.15) is 0 Å². The molecule has 1 rings (SSSR count). The van der Waals surface area contributed by atoms with E-state index in [-0.39, 0.29) is 0 Å². The second-order valence-corrected chi connectivity index (χ2v) is 7.92. The Morgan fingerprint density at radius 2 is 1.10 bits per heavy atom. The van der Waals surface area contributed by atoms with E-state index < -0.39 is 58.4 Å². The summed E-state index contributed by atoms with van der Waals surface area (Å²) in [6, 6.07) is 0. The van der Waals surface area contributed by atoms with Gasteiger partial charge >= 0.3 is 40.1 Å². The maximum absolute atomic E-state index is 11.1. The van der Waals surface area contributed by atoms with Crippen LogP contribution in [-0.2, 0) is 13.7 Å². The van der Waals surface area contributed by atoms with Gasteiger partial charge in [-0.25, -0.2) is 0 Å². The maximum atomic E-state index is 11.1. The summed E-state index contributed by atoms with van der Waals surface area (Å²) in [7, 11) is -13.2. The summed E-state index contributed by atoms with van der Waals surface area (Å²) in [4.78, 5) is 33.0. The van der Waals surface area contributed by atoms with Crippen molar-refractivity contribution in [1.29, 1.82) is 0 Å². The Bertz CT molecular complexity index is 511. The minimum absolute atomic E-state index is 3.03. The summed E-state index contributed by atoms with van der Waals surface area (Å²) < 4.78 is 33.0. The molecule has 0 amide bonds. The average Bonchev–Trinajstić information content (AvgIpc) is 2.39. The molecule has 12 nitrogen and oxygen atoms in total. The molecule has 15 heteroatoms. The van der Waals surface area contributed by atoms with Gasteiger partial charge in [-0.3, -0.25) is 0 Å². The van der Waals surface area contributed by atoms with Gasteiger partial charge in [0.1, 0.15) is 0 Å². The lowest BCUT2D eigenvalue weighted by Crippen LogP contribution is -2.79. The number of hydrogen-bond donors (Lipinski definition) is 6. The van der Waals surface area contributed by atoms with Crippen LogP contribution in [0.2, 0.25) is 0 Å². The van der Waals surface area contributed by atoms with Crippen LogP contribution in [0.15, 0.2) is 0 Å². The van der Waals surface area contributed by atoms with Gasteiger partial charge in [0.2, 0.25) is 6.10 Å². The van der Waals surface area contributed by atoms with Crippen molar-refractivity contribution >= 4 is 24.1 Å². The lowest BCUT2D eigenvalue weighted by molar-refractivity contribution is -0.306. The van der Waals surface area contributed by atoms with Crippen LogP contribution in [0.25, 0.3) is 0 Å². The quantitative estimate of drug-likeness (QED) is 0.256. The Kier molecular flexibility index (Phi) is 5.01. The van der Waals surface area contributed by atoms with Crippen LogP contribution in [0, 0.1) is 0 Å². The van der Waals surface area contributed by atoms with E-state index in [0.717, 1.165) is 0 Å². The fourth-order valence-electron chi connectivity index (χ4n) is 2.01. The highest BCUT2D eigenvalue weighted by molar-refractivity contribution is 7.44. The van der Waals surface area contributed by atoms with Crippen LogP contribution in [0.5, 0.6) is 0 Å². The van der Waals surface area contributed by atoms with Crippen molar-refractivity contribution in [3.63, 3.8) is 0 Å². The Morgan fingerprint density at radius 3 is 1.38 bits per heavy atom. The second-order valence-electron chi connectivity index (χ2n) is 4.30. The molecule has 0 radical (unpaired) electrons. The Morgan fingerprint density at radius 1 is 0.714 bits per heavy atom. The van der Waals surface area contributed by atoms with Crippen molar-refractivity contribution in [1.82, 2.24) is 0 Å². The zero-order valence-electron chi connectivity index (χ0n) is 9.71. The molecule has 0 aromatic carbocycles. The average molecular weight is 366 g/mol. The molecular formula is C6H9O12P3. The van der Waals surface area contributed by atoms with Gasteiger partial charge in [0.05, 0.1) is 0 Å². The first-order chi connectivity index (χ1) is 9.30. The van der Waals surface area contributed by atoms with E-state index in [4.69, 9.17) is 0 Å². The van der Waals surface area contributed by atoms with Crippen molar-refractivity contribution in [2.75, 3.05) is 0 Å². The molecule has 3 unspecified atom stereocenters. The fraction of sp³-hybridized carbons (Fsp3) is 1.00. The summed E-state index contributed by atoms with van der Waals surface area (Å²) in [6.07, 6.45) is -9.57. The summed E-state index contributed by atoms with van der Waals surface area (Å²) in [5.41, 5.74) is 0. The van der Waals surface area contributed by atoms with Crippen molar-refractivity contribution in [3.8, 4) is 0 Å². The summed E-state index contributed by atoms with van der Waals surface area (Å²) in [5, 5.41) is 45.7. The van der Waals surface area contributed by atoms with Gasteiger partial charge in [-0.2, -0.15) is 0 Å². The highest BCUT2D eigenvalue weighted by atomic mass is 31.1. The third-order valence-electron chi connectivity index (χ3n) is 3.32. The highest BCUT2D eigenvalue weighted by Crippen LogP contribution is 2.61. The summed E-state index contributed by atoms with van der Waals surface area (Å²) >= 11 is 0. The van der Waals surface area contributed by atoms with E-state index >= 15 is 0 Å². The van der Waals surface area contributed by atoms with Gasteiger partial charge in [-0.05, 0) is 0 Å². The number of aliphatic hydroxyl groups is 6.